The number of hydrogen-bond donors (Lipinski definition) is 1. The van der Waals surface area contributed by atoms with Gasteiger partial charge in [-0.1, -0.05) is 60.7 Å². The second kappa shape index (κ2) is 8.63. The summed E-state index contributed by atoms with van der Waals surface area (Å²) in [6.45, 7) is 4.82. The van der Waals surface area contributed by atoms with E-state index in [-0.39, 0.29) is 17.0 Å². The van der Waals surface area contributed by atoms with Crippen molar-refractivity contribution in [1.82, 2.24) is 9.62 Å². The van der Waals surface area contributed by atoms with E-state index in [2.05, 4.69) is 21.8 Å². The number of fused-ring (bicyclic) bond motifs is 1. The summed E-state index contributed by atoms with van der Waals surface area (Å²) < 4.78 is 34.7. The van der Waals surface area contributed by atoms with E-state index in [0.29, 0.717) is 13.2 Å². The lowest BCUT2D eigenvalue weighted by Crippen LogP contribution is -2.48. The molecule has 1 heterocycles. The van der Waals surface area contributed by atoms with Gasteiger partial charge in [0.2, 0.25) is 10.0 Å². The molecule has 1 aliphatic heterocycles. The third kappa shape index (κ3) is 4.51. The number of benzene rings is 3. The van der Waals surface area contributed by atoms with Gasteiger partial charge in [-0.05, 0) is 35.4 Å². The average molecular weight is 411 g/mol. The molecule has 1 N–H and O–H groups in total. The van der Waals surface area contributed by atoms with Gasteiger partial charge in [-0.2, -0.15) is 0 Å². The summed E-state index contributed by atoms with van der Waals surface area (Å²) in [4.78, 5) is 2.59. The second-order valence-corrected chi connectivity index (χ2v) is 9.14. The summed E-state index contributed by atoms with van der Waals surface area (Å²) in [5.74, 6) is 0. The van der Waals surface area contributed by atoms with Crippen LogP contribution in [0.15, 0.2) is 77.7 Å². The lowest BCUT2D eigenvalue weighted by Gasteiger charge is -2.38. The van der Waals surface area contributed by atoms with Gasteiger partial charge in [-0.15, -0.1) is 0 Å². The van der Waals surface area contributed by atoms with Crippen LogP contribution in [0, 0.1) is 0 Å². The van der Waals surface area contributed by atoms with E-state index in [9.17, 15) is 8.42 Å². The Labute approximate surface area is 172 Å². The number of sulfonamides is 1. The molecule has 5 nitrogen and oxygen atoms in total. The van der Waals surface area contributed by atoms with Crippen molar-refractivity contribution in [2.45, 2.75) is 23.9 Å². The minimum atomic E-state index is -3.65. The Morgan fingerprint density at radius 1 is 0.897 bits per heavy atom. The van der Waals surface area contributed by atoms with E-state index in [1.165, 1.54) is 0 Å². The fraction of sp³-hybridized carbons (Fsp3) is 0.304. The van der Waals surface area contributed by atoms with Gasteiger partial charge in [0.25, 0.3) is 0 Å². The minimum absolute atomic E-state index is 0.0599. The van der Waals surface area contributed by atoms with E-state index in [4.69, 9.17) is 4.74 Å². The Bertz CT molecular complexity index is 1060. The fourth-order valence-corrected chi connectivity index (χ4v) is 5.32. The first-order chi connectivity index (χ1) is 14.0. The van der Waals surface area contributed by atoms with Crippen molar-refractivity contribution in [1.29, 1.82) is 0 Å². The average Bonchev–Trinajstić information content (AvgIpc) is 2.75. The molecule has 0 aromatic heterocycles. The van der Waals surface area contributed by atoms with Gasteiger partial charge < -0.3 is 4.74 Å². The van der Waals surface area contributed by atoms with Gasteiger partial charge in [0.05, 0.1) is 24.2 Å². The fourth-order valence-electron chi connectivity index (χ4n) is 4.03. The lowest BCUT2D eigenvalue weighted by atomic mass is 9.99. The van der Waals surface area contributed by atoms with Gasteiger partial charge in [-0.25, -0.2) is 13.1 Å². The summed E-state index contributed by atoms with van der Waals surface area (Å²) in [5.41, 5.74) is 1.10. The third-order valence-electron chi connectivity index (χ3n) is 5.43. The van der Waals surface area contributed by atoms with Gasteiger partial charge in [0.1, 0.15) is 0 Å². The zero-order chi connectivity index (χ0) is 20.3. The van der Waals surface area contributed by atoms with Gasteiger partial charge in [-0.3, -0.25) is 4.90 Å². The van der Waals surface area contributed by atoms with Crippen molar-refractivity contribution >= 4 is 20.8 Å². The summed E-state index contributed by atoms with van der Waals surface area (Å²) in [6.07, 6.45) is 0. The van der Waals surface area contributed by atoms with E-state index in [1.54, 1.807) is 12.1 Å². The highest BCUT2D eigenvalue weighted by Crippen LogP contribution is 2.27. The summed E-state index contributed by atoms with van der Waals surface area (Å²) in [5, 5.41) is 1.94. The number of hydrogen-bond acceptors (Lipinski definition) is 4. The quantitative estimate of drug-likeness (QED) is 0.675. The molecule has 0 amide bonds. The second-order valence-electron chi connectivity index (χ2n) is 7.42. The molecule has 2 atom stereocenters. The normalized spacial score (nSPS) is 17.8. The number of rotatable bonds is 6. The largest absolute Gasteiger partial charge is 0.379 e. The molecule has 1 saturated heterocycles. The van der Waals surface area contributed by atoms with Gasteiger partial charge in [0, 0.05) is 19.1 Å². The van der Waals surface area contributed by atoms with E-state index in [1.807, 2.05) is 55.5 Å². The standard InChI is InChI=1S/C23H26N2O3S/c1-18(23(20-8-3-2-4-9-20)25-13-15-28-16-14-25)24-29(26,27)22-12-11-19-7-5-6-10-21(19)17-22/h2-12,17-18,23-24H,13-16H2,1H3/t18-,23+/m1/s1. The highest BCUT2D eigenvalue weighted by molar-refractivity contribution is 7.89. The predicted octanol–water partition coefficient (Wildman–Crippen LogP) is 3.58. The Balaban J connectivity index is 1.62. The van der Waals surface area contributed by atoms with Crippen LogP contribution in [0.2, 0.25) is 0 Å². The molecule has 1 fully saturated rings. The van der Waals surface area contributed by atoms with Crippen molar-refractivity contribution in [2.75, 3.05) is 26.3 Å². The Kier molecular flexibility index (Phi) is 5.96. The maximum atomic E-state index is 13.2. The van der Waals surface area contributed by atoms with Crippen LogP contribution in [0.1, 0.15) is 18.5 Å². The molecule has 0 radical (unpaired) electrons. The van der Waals surface area contributed by atoms with Crippen LogP contribution in [0.4, 0.5) is 0 Å². The first-order valence-corrected chi connectivity index (χ1v) is 11.4. The third-order valence-corrected chi connectivity index (χ3v) is 6.98. The Morgan fingerprint density at radius 3 is 2.28 bits per heavy atom. The van der Waals surface area contributed by atoms with Gasteiger partial charge >= 0.3 is 0 Å². The van der Waals surface area contributed by atoms with Crippen molar-refractivity contribution in [3.8, 4) is 0 Å². The van der Waals surface area contributed by atoms with Crippen LogP contribution >= 0.6 is 0 Å². The number of morpholine rings is 1. The molecular weight excluding hydrogens is 384 g/mol. The monoisotopic (exact) mass is 410 g/mol. The van der Waals surface area contributed by atoms with Crippen LogP contribution in [0.5, 0.6) is 0 Å². The van der Waals surface area contributed by atoms with E-state index < -0.39 is 10.0 Å². The molecule has 3 aromatic carbocycles. The van der Waals surface area contributed by atoms with Gasteiger partial charge in [0.15, 0.2) is 0 Å². The zero-order valence-corrected chi connectivity index (χ0v) is 17.3. The predicted molar refractivity (Wildman–Crippen MR) is 115 cm³/mol. The first-order valence-electron chi connectivity index (χ1n) is 9.92. The molecule has 0 aliphatic carbocycles. The molecule has 3 aromatic rings. The topological polar surface area (TPSA) is 58.6 Å². The first kappa shape index (κ1) is 20.0. The number of ether oxygens (including phenoxy) is 1. The minimum Gasteiger partial charge on any atom is -0.379 e. The maximum absolute atomic E-state index is 13.2. The molecule has 29 heavy (non-hydrogen) atoms. The summed E-state index contributed by atoms with van der Waals surface area (Å²) >= 11 is 0. The Morgan fingerprint density at radius 2 is 1.55 bits per heavy atom. The summed E-state index contributed by atoms with van der Waals surface area (Å²) in [7, 11) is -3.65. The Hall–Kier alpha value is -2.25. The highest BCUT2D eigenvalue weighted by atomic mass is 32.2. The molecule has 0 bridgehead atoms. The molecule has 6 heteroatoms. The maximum Gasteiger partial charge on any atom is 0.240 e. The van der Waals surface area contributed by atoms with Crippen LogP contribution < -0.4 is 4.72 Å². The molecule has 4 rings (SSSR count). The van der Waals surface area contributed by atoms with Crippen molar-refractivity contribution in [2.24, 2.45) is 0 Å². The van der Waals surface area contributed by atoms with E-state index in [0.717, 1.165) is 29.4 Å². The van der Waals surface area contributed by atoms with Crippen molar-refractivity contribution in [3.63, 3.8) is 0 Å². The molecule has 0 spiro atoms. The number of nitrogens with zero attached hydrogens (tertiary/aromatic N) is 1. The van der Waals surface area contributed by atoms with Crippen molar-refractivity contribution < 1.29 is 13.2 Å². The summed E-state index contributed by atoms with van der Waals surface area (Å²) in [6, 6.07) is 22.7. The van der Waals surface area contributed by atoms with Crippen LogP contribution in [-0.2, 0) is 14.8 Å². The molecular formula is C23H26N2O3S. The van der Waals surface area contributed by atoms with Crippen LogP contribution in [0.25, 0.3) is 10.8 Å². The zero-order valence-electron chi connectivity index (χ0n) is 16.5. The van der Waals surface area contributed by atoms with E-state index >= 15 is 0 Å². The molecule has 1 aliphatic rings. The highest BCUT2D eigenvalue weighted by Gasteiger charge is 2.30. The molecule has 0 saturated carbocycles. The lowest BCUT2D eigenvalue weighted by molar-refractivity contribution is 0.0105. The number of nitrogens with one attached hydrogen (secondary N) is 1. The van der Waals surface area contributed by atoms with Crippen molar-refractivity contribution in [3.05, 3.63) is 78.4 Å². The smallest absolute Gasteiger partial charge is 0.240 e. The molecule has 152 valence electrons. The van der Waals surface area contributed by atoms with Crippen LogP contribution in [0.3, 0.4) is 0 Å². The van der Waals surface area contributed by atoms with Crippen LogP contribution in [-0.4, -0.2) is 45.7 Å². The SMILES string of the molecule is C[C@@H](NS(=O)(=O)c1ccc2ccccc2c1)[C@@H](c1ccccc1)N1CCOCC1. The molecule has 0 unspecified atom stereocenters.